The van der Waals surface area contributed by atoms with Crippen molar-refractivity contribution in [3.05, 3.63) is 94.9 Å². The summed E-state index contributed by atoms with van der Waals surface area (Å²) in [5, 5.41) is 18.0. The molecular weight excluding hydrogens is 450 g/mol. The molecule has 0 saturated heterocycles. The minimum absolute atomic E-state index is 0.0887. The quantitative estimate of drug-likeness (QED) is 0.404. The van der Waals surface area contributed by atoms with Gasteiger partial charge in [-0.3, -0.25) is 0 Å². The summed E-state index contributed by atoms with van der Waals surface area (Å²) in [7, 11) is 0. The normalized spacial score (nSPS) is 13.1. The summed E-state index contributed by atoms with van der Waals surface area (Å²) in [5.41, 5.74) is 6.90. The molecule has 0 aliphatic heterocycles. The molecule has 1 aliphatic rings. The number of carboxylic acids is 1. The summed E-state index contributed by atoms with van der Waals surface area (Å²) in [6.45, 7) is 0.128. The van der Waals surface area contributed by atoms with Crippen molar-refractivity contribution < 1.29 is 19.4 Å². The van der Waals surface area contributed by atoms with Crippen molar-refractivity contribution in [2.45, 2.75) is 18.4 Å². The van der Waals surface area contributed by atoms with Gasteiger partial charge in [-0.2, -0.15) is 0 Å². The number of carbonyl (C=O) groups excluding carboxylic acids is 1. The van der Waals surface area contributed by atoms with Crippen LogP contribution in [0.15, 0.2) is 78.2 Å². The van der Waals surface area contributed by atoms with Crippen LogP contribution in [0.1, 0.15) is 22.6 Å². The van der Waals surface area contributed by atoms with Crippen molar-refractivity contribution in [3.63, 3.8) is 0 Å². The number of carbonyl (C=O) groups is 2. The zero-order valence-corrected chi connectivity index (χ0v) is 18.9. The Labute approximate surface area is 200 Å². The monoisotopic (exact) mass is 471 g/mol. The molecule has 170 valence electrons. The number of aromatic nitrogens is 2. The maximum atomic E-state index is 12.5. The minimum atomic E-state index is -1.12. The third-order valence-corrected chi connectivity index (χ3v) is 6.49. The van der Waals surface area contributed by atoms with Crippen molar-refractivity contribution in [1.29, 1.82) is 0 Å². The van der Waals surface area contributed by atoms with Crippen LogP contribution in [0.4, 0.5) is 4.79 Å². The SMILES string of the molecule is O=C(NC(Cc1ccc(-c2csnn2)cc1)C(=O)O)OCC1c2ccccc2-c2ccccc21. The molecule has 0 fully saturated rings. The molecule has 2 N–H and O–H groups in total. The lowest BCUT2D eigenvalue weighted by molar-refractivity contribution is -0.139. The van der Waals surface area contributed by atoms with Gasteiger partial charge < -0.3 is 15.2 Å². The highest BCUT2D eigenvalue weighted by molar-refractivity contribution is 7.03. The van der Waals surface area contributed by atoms with E-state index in [1.807, 2.05) is 66.0 Å². The lowest BCUT2D eigenvalue weighted by Gasteiger charge is -2.17. The second-order valence-electron chi connectivity index (χ2n) is 8.05. The van der Waals surface area contributed by atoms with Crippen molar-refractivity contribution in [2.24, 2.45) is 0 Å². The molecule has 3 aromatic carbocycles. The molecular formula is C26H21N3O4S. The largest absolute Gasteiger partial charge is 0.480 e. The van der Waals surface area contributed by atoms with Crippen LogP contribution in [0.3, 0.4) is 0 Å². The number of aliphatic carboxylic acids is 1. The first-order valence-corrected chi connectivity index (χ1v) is 11.6. The summed E-state index contributed by atoms with van der Waals surface area (Å²) in [4.78, 5) is 24.3. The summed E-state index contributed by atoms with van der Waals surface area (Å²) in [6, 6.07) is 22.4. The van der Waals surface area contributed by atoms with Crippen molar-refractivity contribution in [1.82, 2.24) is 14.9 Å². The van der Waals surface area contributed by atoms with Gasteiger partial charge in [-0.05, 0) is 39.3 Å². The second kappa shape index (κ2) is 9.44. The van der Waals surface area contributed by atoms with Gasteiger partial charge >= 0.3 is 12.1 Å². The summed E-state index contributed by atoms with van der Waals surface area (Å²) >= 11 is 1.27. The van der Waals surface area contributed by atoms with Gasteiger partial charge in [-0.15, -0.1) is 5.10 Å². The van der Waals surface area contributed by atoms with E-state index in [-0.39, 0.29) is 18.9 Å². The molecule has 34 heavy (non-hydrogen) atoms. The lowest BCUT2D eigenvalue weighted by atomic mass is 9.98. The van der Waals surface area contributed by atoms with E-state index in [4.69, 9.17) is 4.74 Å². The molecule has 1 unspecified atom stereocenters. The average molecular weight is 472 g/mol. The summed E-state index contributed by atoms with van der Waals surface area (Å²) < 4.78 is 9.35. The van der Waals surface area contributed by atoms with Crippen LogP contribution in [0.25, 0.3) is 22.4 Å². The summed E-state index contributed by atoms with van der Waals surface area (Å²) in [5.74, 6) is -1.21. The number of rotatable bonds is 7. The van der Waals surface area contributed by atoms with E-state index >= 15 is 0 Å². The van der Waals surface area contributed by atoms with Crippen LogP contribution in [-0.4, -0.2) is 39.4 Å². The Morgan fingerprint density at radius 3 is 2.21 bits per heavy atom. The van der Waals surface area contributed by atoms with E-state index in [0.717, 1.165) is 39.1 Å². The van der Waals surface area contributed by atoms with Crippen LogP contribution >= 0.6 is 11.5 Å². The first-order chi connectivity index (χ1) is 16.6. The predicted molar refractivity (Wildman–Crippen MR) is 129 cm³/mol. The molecule has 1 amide bonds. The zero-order chi connectivity index (χ0) is 23.5. The van der Waals surface area contributed by atoms with Gasteiger partial charge in [-0.25, -0.2) is 9.59 Å². The van der Waals surface area contributed by atoms with Crippen LogP contribution < -0.4 is 5.32 Å². The topological polar surface area (TPSA) is 101 Å². The molecule has 1 aromatic heterocycles. The van der Waals surface area contributed by atoms with E-state index in [1.54, 1.807) is 0 Å². The van der Waals surface area contributed by atoms with Crippen LogP contribution in [0.2, 0.25) is 0 Å². The molecule has 5 rings (SSSR count). The third-order valence-electron chi connectivity index (χ3n) is 5.98. The lowest BCUT2D eigenvalue weighted by Crippen LogP contribution is -2.42. The van der Waals surface area contributed by atoms with Gasteiger partial charge in [0.1, 0.15) is 18.3 Å². The molecule has 0 bridgehead atoms. The Balaban J connectivity index is 1.23. The number of ether oxygens (including phenoxy) is 1. The highest BCUT2D eigenvalue weighted by atomic mass is 32.1. The van der Waals surface area contributed by atoms with Gasteiger partial charge in [0.15, 0.2) is 0 Å². The van der Waals surface area contributed by atoms with Gasteiger partial charge in [-0.1, -0.05) is 77.3 Å². The standard InChI is InChI=1S/C26H21N3O4S/c30-25(31)23(13-16-9-11-17(12-10-16)24-15-34-29-28-24)27-26(32)33-14-22-20-7-3-1-5-18(20)19-6-2-4-8-21(19)22/h1-12,15,22-23H,13-14H2,(H,27,32)(H,30,31). The fourth-order valence-corrected chi connectivity index (χ4v) is 4.79. The fourth-order valence-electron chi connectivity index (χ4n) is 4.32. The Morgan fingerprint density at radius 2 is 1.62 bits per heavy atom. The number of fused-ring (bicyclic) bond motifs is 3. The molecule has 0 saturated carbocycles. The van der Waals surface area contributed by atoms with E-state index in [0.29, 0.717) is 0 Å². The van der Waals surface area contributed by atoms with E-state index in [9.17, 15) is 14.7 Å². The minimum Gasteiger partial charge on any atom is -0.480 e. The number of hydrogen-bond acceptors (Lipinski definition) is 6. The fraction of sp³-hybridized carbons (Fsp3) is 0.154. The van der Waals surface area contributed by atoms with Gasteiger partial charge in [0, 0.05) is 23.3 Å². The Bertz CT molecular complexity index is 1280. The van der Waals surface area contributed by atoms with Crippen molar-refractivity contribution in [3.8, 4) is 22.4 Å². The smallest absolute Gasteiger partial charge is 0.407 e. The number of alkyl carbamates (subject to hydrolysis) is 1. The van der Waals surface area contributed by atoms with Gasteiger partial charge in [0.2, 0.25) is 0 Å². The molecule has 7 nitrogen and oxygen atoms in total. The predicted octanol–water partition coefficient (Wildman–Crippen LogP) is 4.74. The highest BCUT2D eigenvalue weighted by Gasteiger charge is 2.29. The van der Waals surface area contributed by atoms with E-state index in [2.05, 4.69) is 27.0 Å². The number of nitrogens with one attached hydrogen (secondary N) is 1. The average Bonchev–Trinajstić information content (AvgIpc) is 3.50. The highest BCUT2D eigenvalue weighted by Crippen LogP contribution is 2.44. The number of benzene rings is 3. The molecule has 0 radical (unpaired) electrons. The summed E-state index contributed by atoms with van der Waals surface area (Å²) in [6.07, 6.45) is -0.616. The second-order valence-corrected chi connectivity index (χ2v) is 8.66. The van der Waals surface area contributed by atoms with E-state index in [1.165, 1.54) is 11.5 Å². The number of amides is 1. The molecule has 0 spiro atoms. The third kappa shape index (κ3) is 4.40. The number of nitrogens with zero attached hydrogens (tertiary/aromatic N) is 2. The zero-order valence-electron chi connectivity index (χ0n) is 18.0. The maximum absolute atomic E-state index is 12.5. The van der Waals surface area contributed by atoms with Crippen LogP contribution in [-0.2, 0) is 16.0 Å². The molecule has 8 heteroatoms. The van der Waals surface area contributed by atoms with Crippen molar-refractivity contribution in [2.75, 3.05) is 6.61 Å². The van der Waals surface area contributed by atoms with Crippen molar-refractivity contribution >= 4 is 23.6 Å². The van der Waals surface area contributed by atoms with Crippen LogP contribution in [0, 0.1) is 0 Å². The maximum Gasteiger partial charge on any atom is 0.407 e. The first kappa shape index (κ1) is 21.8. The Morgan fingerprint density at radius 1 is 0.971 bits per heavy atom. The molecule has 1 heterocycles. The Hall–Kier alpha value is -4.04. The number of hydrogen-bond donors (Lipinski definition) is 2. The first-order valence-electron chi connectivity index (χ1n) is 10.8. The molecule has 4 aromatic rings. The van der Waals surface area contributed by atoms with Gasteiger partial charge in [0.25, 0.3) is 0 Å². The molecule has 1 aliphatic carbocycles. The molecule has 1 atom stereocenters. The number of carboxylic acid groups (broad SMARTS) is 1. The van der Waals surface area contributed by atoms with Crippen LogP contribution in [0.5, 0.6) is 0 Å². The van der Waals surface area contributed by atoms with E-state index < -0.39 is 18.1 Å². The Kier molecular flexibility index (Phi) is 6.05. The van der Waals surface area contributed by atoms with Gasteiger partial charge in [0.05, 0.1) is 0 Å².